The highest BCUT2D eigenvalue weighted by Crippen LogP contribution is 2.24. The Morgan fingerprint density at radius 1 is 1.19 bits per heavy atom. The quantitative estimate of drug-likeness (QED) is 0.762. The van der Waals surface area contributed by atoms with Crippen molar-refractivity contribution in [3.05, 3.63) is 29.8 Å². The van der Waals surface area contributed by atoms with Crippen LogP contribution < -0.4 is 0 Å². The third-order valence-corrected chi connectivity index (χ3v) is 6.69. The van der Waals surface area contributed by atoms with E-state index < -0.39 is 15.6 Å². The highest BCUT2D eigenvalue weighted by Gasteiger charge is 2.33. The van der Waals surface area contributed by atoms with E-state index in [1.54, 1.807) is 24.1 Å². The Balaban J connectivity index is 1.99. The fraction of sp³-hybridized carbons (Fsp3) is 0.650. The minimum Gasteiger partial charge on any atom is -0.444 e. The molecule has 1 fully saturated rings. The third kappa shape index (κ3) is 5.69. The number of nitrogens with zero attached hydrogens (tertiary/aromatic N) is 2. The van der Waals surface area contributed by atoms with Gasteiger partial charge in [0.05, 0.1) is 4.90 Å². The average Bonchev–Trinajstić information content (AvgIpc) is 2.60. The van der Waals surface area contributed by atoms with Crippen molar-refractivity contribution in [2.75, 3.05) is 20.1 Å². The molecule has 1 aromatic rings. The molecule has 6 nitrogen and oxygen atoms in total. The minimum atomic E-state index is -3.54. The van der Waals surface area contributed by atoms with Crippen LogP contribution >= 0.6 is 0 Å². The molecule has 0 saturated carbocycles. The van der Waals surface area contributed by atoms with Gasteiger partial charge in [0.25, 0.3) is 0 Å². The number of rotatable bonds is 5. The first-order valence-corrected chi connectivity index (χ1v) is 11.0. The third-order valence-electron chi connectivity index (χ3n) is 4.77. The molecular formula is C20H32N2O4S. The lowest BCUT2D eigenvalue weighted by molar-refractivity contribution is 0.0183. The maximum Gasteiger partial charge on any atom is 0.410 e. The van der Waals surface area contributed by atoms with E-state index in [2.05, 4.69) is 6.92 Å². The number of aryl methyl sites for hydroxylation is 1. The first kappa shape index (κ1) is 21.7. The lowest BCUT2D eigenvalue weighted by Crippen LogP contribution is -2.48. The van der Waals surface area contributed by atoms with Crippen LogP contribution in [0.2, 0.25) is 0 Å². The number of amides is 1. The molecule has 0 aliphatic carbocycles. The van der Waals surface area contributed by atoms with Gasteiger partial charge in [0, 0.05) is 26.2 Å². The minimum absolute atomic E-state index is 0.121. The summed E-state index contributed by atoms with van der Waals surface area (Å²) in [6, 6.07) is 7.02. The molecule has 0 radical (unpaired) electrons. The van der Waals surface area contributed by atoms with Gasteiger partial charge in [-0.25, -0.2) is 13.2 Å². The van der Waals surface area contributed by atoms with E-state index in [4.69, 9.17) is 4.74 Å². The van der Waals surface area contributed by atoms with Crippen molar-refractivity contribution in [3.8, 4) is 0 Å². The Morgan fingerprint density at radius 2 is 1.74 bits per heavy atom. The van der Waals surface area contributed by atoms with Crippen LogP contribution in [0.25, 0.3) is 0 Å². The van der Waals surface area contributed by atoms with Crippen LogP contribution in [0.5, 0.6) is 0 Å². The fourth-order valence-corrected chi connectivity index (χ4v) is 4.63. The number of sulfonamides is 1. The van der Waals surface area contributed by atoms with Crippen LogP contribution in [0.1, 0.15) is 52.5 Å². The summed E-state index contributed by atoms with van der Waals surface area (Å²) in [4.78, 5) is 14.1. The number of piperidine rings is 1. The van der Waals surface area contributed by atoms with Gasteiger partial charge in [0.15, 0.2) is 0 Å². The van der Waals surface area contributed by atoms with Gasteiger partial charge >= 0.3 is 6.09 Å². The van der Waals surface area contributed by atoms with Crippen molar-refractivity contribution < 1.29 is 17.9 Å². The summed E-state index contributed by atoms with van der Waals surface area (Å²) < 4.78 is 32.7. The predicted molar refractivity (Wildman–Crippen MR) is 106 cm³/mol. The Hall–Kier alpha value is -1.60. The lowest BCUT2D eigenvalue weighted by Gasteiger charge is -2.36. The maximum absolute atomic E-state index is 12.9. The van der Waals surface area contributed by atoms with Gasteiger partial charge in [-0.3, -0.25) is 0 Å². The zero-order chi connectivity index (χ0) is 20.2. The summed E-state index contributed by atoms with van der Waals surface area (Å²) in [5.74, 6) is 0. The number of carbonyl (C=O) groups excluding carboxylic acids is 1. The van der Waals surface area contributed by atoms with E-state index in [1.165, 1.54) is 4.31 Å². The highest BCUT2D eigenvalue weighted by atomic mass is 32.2. The fourth-order valence-electron chi connectivity index (χ4n) is 3.22. The van der Waals surface area contributed by atoms with Gasteiger partial charge in [-0.1, -0.05) is 25.5 Å². The van der Waals surface area contributed by atoms with Crippen molar-refractivity contribution >= 4 is 16.1 Å². The second kappa shape index (κ2) is 8.61. The van der Waals surface area contributed by atoms with E-state index >= 15 is 0 Å². The largest absolute Gasteiger partial charge is 0.444 e. The van der Waals surface area contributed by atoms with Crippen molar-refractivity contribution in [2.24, 2.45) is 0 Å². The summed E-state index contributed by atoms with van der Waals surface area (Å²) in [6.07, 6.45) is 2.84. The van der Waals surface area contributed by atoms with Gasteiger partial charge in [-0.05, 0) is 57.7 Å². The molecule has 1 heterocycles. The highest BCUT2D eigenvalue weighted by molar-refractivity contribution is 7.89. The molecule has 7 heteroatoms. The van der Waals surface area contributed by atoms with Crippen molar-refractivity contribution in [2.45, 2.75) is 69.9 Å². The van der Waals surface area contributed by atoms with Gasteiger partial charge in [-0.2, -0.15) is 4.31 Å². The molecule has 0 unspecified atom stereocenters. The molecule has 2 rings (SSSR count). The molecule has 0 bridgehead atoms. The van der Waals surface area contributed by atoms with E-state index in [0.717, 1.165) is 18.4 Å². The Morgan fingerprint density at radius 3 is 2.22 bits per heavy atom. The summed E-state index contributed by atoms with van der Waals surface area (Å²) in [6.45, 7) is 8.60. The first-order valence-electron chi connectivity index (χ1n) is 9.59. The monoisotopic (exact) mass is 396 g/mol. The van der Waals surface area contributed by atoms with Crippen LogP contribution in [-0.4, -0.2) is 55.5 Å². The number of benzene rings is 1. The zero-order valence-electron chi connectivity index (χ0n) is 17.1. The van der Waals surface area contributed by atoms with E-state index in [9.17, 15) is 13.2 Å². The van der Waals surface area contributed by atoms with E-state index in [0.29, 0.717) is 30.8 Å². The second-order valence-corrected chi connectivity index (χ2v) is 10.1. The second-order valence-electron chi connectivity index (χ2n) is 8.11. The van der Waals surface area contributed by atoms with Gasteiger partial charge in [0.1, 0.15) is 5.60 Å². The molecule has 0 spiro atoms. The number of hydrogen-bond donors (Lipinski definition) is 0. The lowest BCUT2D eigenvalue weighted by atomic mass is 10.1. The molecule has 0 N–H and O–H groups in total. The molecule has 27 heavy (non-hydrogen) atoms. The average molecular weight is 397 g/mol. The molecule has 1 aliphatic rings. The van der Waals surface area contributed by atoms with E-state index in [1.807, 2.05) is 32.9 Å². The Bertz CT molecular complexity index is 730. The van der Waals surface area contributed by atoms with Crippen LogP contribution in [0.15, 0.2) is 29.2 Å². The first-order chi connectivity index (χ1) is 12.5. The molecule has 1 aromatic carbocycles. The van der Waals surface area contributed by atoms with Gasteiger partial charge in [-0.15, -0.1) is 0 Å². The molecule has 1 aliphatic heterocycles. The van der Waals surface area contributed by atoms with E-state index in [-0.39, 0.29) is 12.1 Å². The Kier molecular flexibility index (Phi) is 6.92. The topological polar surface area (TPSA) is 66.9 Å². The molecule has 1 saturated heterocycles. The molecule has 0 aromatic heterocycles. The predicted octanol–water partition coefficient (Wildman–Crippen LogP) is 3.66. The molecule has 152 valence electrons. The maximum atomic E-state index is 12.9. The van der Waals surface area contributed by atoms with Crippen LogP contribution in [0, 0.1) is 0 Å². The molecule has 1 amide bonds. The number of ether oxygens (including phenoxy) is 1. The standard InChI is InChI=1S/C20H32N2O4S/c1-6-7-16-8-10-18(11-9-16)27(24,25)21(5)17-12-14-22(15-13-17)19(23)26-20(2,3)4/h8-11,17H,6-7,12-15H2,1-5H3. The zero-order valence-corrected chi connectivity index (χ0v) is 17.9. The SMILES string of the molecule is CCCc1ccc(S(=O)(=O)N(C)C2CCN(C(=O)OC(C)(C)C)CC2)cc1. The summed E-state index contributed by atoms with van der Waals surface area (Å²) >= 11 is 0. The summed E-state index contributed by atoms with van der Waals surface area (Å²) in [7, 11) is -1.91. The number of carbonyl (C=O) groups is 1. The van der Waals surface area contributed by atoms with Crippen molar-refractivity contribution in [3.63, 3.8) is 0 Å². The summed E-state index contributed by atoms with van der Waals surface area (Å²) in [5, 5.41) is 0. The van der Waals surface area contributed by atoms with Crippen molar-refractivity contribution in [1.82, 2.24) is 9.21 Å². The van der Waals surface area contributed by atoms with Crippen LogP contribution in [0.4, 0.5) is 4.79 Å². The smallest absolute Gasteiger partial charge is 0.410 e. The van der Waals surface area contributed by atoms with Crippen molar-refractivity contribution in [1.29, 1.82) is 0 Å². The van der Waals surface area contributed by atoms with Gasteiger partial charge < -0.3 is 9.64 Å². The Labute approximate surface area is 163 Å². The number of hydrogen-bond acceptors (Lipinski definition) is 4. The van der Waals surface area contributed by atoms with Crippen LogP contribution in [-0.2, 0) is 21.2 Å². The van der Waals surface area contributed by atoms with Gasteiger partial charge in [0.2, 0.25) is 10.0 Å². The molecular weight excluding hydrogens is 364 g/mol. The molecule has 0 atom stereocenters. The van der Waals surface area contributed by atoms with Crippen LogP contribution in [0.3, 0.4) is 0 Å². The summed E-state index contributed by atoms with van der Waals surface area (Å²) in [5.41, 5.74) is 0.614. The normalized spacial score (nSPS) is 16.6. The number of likely N-dealkylation sites (tertiary alicyclic amines) is 1.